The zero-order valence-electron chi connectivity index (χ0n) is 10.9. The maximum Gasteiger partial charge on any atom is 0.225 e. The van der Waals surface area contributed by atoms with E-state index in [1.54, 1.807) is 25.6 Å². The molecule has 100 valence electrons. The van der Waals surface area contributed by atoms with Gasteiger partial charge in [-0.05, 0) is 13.0 Å². The Bertz CT molecular complexity index is 542. The van der Waals surface area contributed by atoms with Gasteiger partial charge in [-0.1, -0.05) is 0 Å². The van der Waals surface area contributed by atoms with Crippen LogP contribution in [0, 0.1) is 6.92 Å². The number of nitrogens with one attached hydrogen (secondary N) is 1. The maximum atomic E-state index is 5.46. The van der Waals surface area contributed by atoms with Crippen LogP contribution < -0.4 is 4.90 Å². The average molecular weight is 260 g/mol. The number of nitrogens with zero attached hydrogens (tertiary/aromatic N) is 5. The first-order valence-electron chi connectivity index (χ1n) is 6.23. The van der Waals surface area contributed by atoms with Crippen molar-refractivity contribution in [2.24, 2.45) is 0 Å². The Kier molecular flexibility index (Phi) is 3.12. The summed E-state index contributed by atoms with van der Waals surface area (Å²) in [5, 5.41) is 7.13. The van der Waals surface area contributed by atoms with Crippen molar-refractivity contribution in [1.29, 1.82) is 0 Å². The molecule has 1 aliphatic rings. The Labute approximate surface area is 111 Å². The van der Waals surface area contributed by atoms with Crippen LogP contribution in [0.5, 0.6) is 0 Å². The number of aromatic nitrogens is 5. The Morgan fingerprint density at radius 2 is 2.16 bits per heavy atom. The molecule has 7 heteroatoms. The molecule has 0 aliphatic carbocycles. The van der Waals surface area contributed by atoms with Crippen molar-refractivity contribution in [3.8, 4) is 0 Å². The van der Waals surface area contributed by atoms with Gasteiger partial charge < -0.3 is 9.64 Å². The molecule has 0 bridgehead atoms. The lowest BCUT2D eigenvalue weighted by molar-refractivity contribution is 0.118. The summed E-state index contributed by atoms with van der Waals surface area (Å²) >= 11 is 0. The number of H-pyrrole nitrogens is 1. The molecule has 7 nitrogen and oxygen atoms in total. The summed E-state index contributed by atoms with van der Waals surface area (Å²) < 4.78 is 5.46. The largest absolute Gasteiger partial charge is 0.380 e. The van der Waals surface area contributed by atoms with Gasteiger partial charge in [-0.3, -0.25) is 5.10 Å². The highest BCUT2D eigenvalue weighted by Gasteiger charge is 2.37. The number of hydrogen-bond donors (Lipinski definition) is 1. The summed E-state index contributed by atoms with van der Waals surface area (Å²) in [6, 6.07) is 1.86. The average Bonchev–Trinajstić information content (AvgIpc) is 3.05. The summed E-state index contributed by atoms with van der Waals surface area (Å²) in [7, 11) is 1.72. The van der Waals surface area contributed by atoms with Crippen LogP contribution in [0.15, 0.2) is 18.5 Å². The molecule has 1 fully saturated rings. The minimum absolute atomic E-state index is 0.0531. The number of hydrogen-bond acceptors (Lipinski definition) is 6. The fraction of sp³-hybridized carbons (Fsp3) is 0.500. The standard InChI is InChI=1S/C12H16N6O/c1-8-15-11(17-16-8)10-6-9(19-2)7-18(10)12-13-4-3-5-14-12/h3-5,9-10H,6-7H2,1-2H3,(H,15,16,17)/t9-,10+/m1/s1. The third kappa shape index (κ3) is 2.28. The highest BCUT2D eigenvalue weighted by atomic mass is 16.5. The molecule has 1 aliphatic heterocycles. The van der Waals surface area contributed by atoms with E-state index >= 15 is 0 Å². The van der Waals surface area contributed by atoms with Crippen LogP contribution in [0.4, 0.5) is 5.95 Å². The van der Waals surface area contributed by atoms with Gasteiger partial charge in [0.2, 0.25) is 5.95 Å². The first kappa shape index (κ1) is 12.0. The zero-order valence-corrected chi connectivity index (χ0v) is 10.9. The predicted molar refractivity (Wildman–Crippen MR) is 68.7 cm³/mol. The van der Waals surface area contributed by atoms with Crippen molar-refractivity contribution in [2.75, 3.05) is 18.6 Å². The van der Waals surface area contributed by atoms with Crippen molar-refractivity contribution in [1.82, 2.24) is 25.1 Å². The molecular formula is C12H16N6O. The molecule has 2 aromatic rings. The number of rotatable bonds is 3. The van der Waals surface area contributed by atoms with Crippen LogP contribution in [-0.4, -0.2) is 44.9 Å². The first-order valence-corrected chi connectivity index (χ1v) is 6.23. The minimum atomic E-state index is 0.0531. The lowest BCUT2D eigenvalue weighted by atomic mass is 10.2. The van der Waals surface area contributed by atoms with Gasteiger partial charge in [0, 0.05) is 32.5 Å². The quantitative estimate of drug-likeness (QED) is 0.882. The molecule has 0 saturated carbocycles. The Morgan fingerprint density at radius 1 is 1.37 bits per heavy atom. The van der Waals surface area contributed by atoms with Gasteiger partial charge in [-0.25, -0.2) is 15.0 Å². The summed E-state index contributed by atoms with van der Waals surface area (Å²) in [6.45, 7) is 2.64. The van der Waals surface area contributed by atoms with E-state index in [0.29, 0.717) is 5.95 Å². The van der Waals surface area contributed by atoms with Gasteiger partial charge in [0.15, 0.2) is 5.82 Å². The third-order valence-corrected chi connectivity index (χ3v) is 3.32. The molecule has 3 rings (SSSR count). The first-order chi connectivity index (χ1) is 9.28. The molecule has 0 aromatic carbocycles. The SMILES string of the molecule is CO[C@@H]1C[C@@H](c2n[nH]c(C)n2)N(c2ncccn2)C1. The van der Waals surface area contributed by atoms with Crippen molar-refractivity contribution in [3.05, 3.63) is 30.1 Å². The maximum absolute atomic E-state index is 5.46. The van der Waals surface area contributed by atoms with Gasteiger partial charge in [-0.15, -0.1) is 0 Å². The Hall–Kier alpha value is -2.02. The summed E-state index contributed by atoms with van der Waals surface area (Å²) in [5.41, 5.74) is 0. The van der Waals surface area contributed by atoms with Gasteiger partial charge in [0.05, 0.1) is 12.1 Å². The molecular weight excluding hydrogens is 244 g/mol. The molecule has 2 atom stereocenters. The summed E-state index contributed by atoms with van der Waals surface area (Å²) in [5.74, 6) is 2.27. The van der Waals surface area contributed by atoms with Crippen LogP contribution >= 0.6 is 0 Å². The van der Waals surface area contributed by atoms with Crippen LogP contribution in [0.25, 0.3) is 0 Å². The van der Waals surface area contributed by atoms with E-state index in [0.717, 1.165) is 24.6 Å². The zero-order chi connectivity index (χ0) is 13.2. The summed E-state index contributed by atoms with van der Waals surface area (Å²) in [6.07, 6.45) is 4.46. The Balaban J connectivity index is 1.92. The van der Waals surface area contributed by atoms with Crippen LogP contribution in [0.3, 0.4) is 0 Å². The van der Waals surface area contributed by atoms with Crippen LogP contribution in [0.2, 0.25) is 0 Å². The van der Waals surface area contributed by atoms with Gasteiger partial charge in [0.1, 0.15) is 5.82 Å². The second-order valence-corrected chi connectivity index (χ2v) is 4.59. The van der Waals surface area contributed by atoms with Crippen molar-refractivity contribution in [2.45, 2.75) is 25.5 Å². The van der Waals surface area contributed by atoms with E-state index in [9.17, 15) is 0 Å². The molecule has 19 heavy (non-hydrogen) atoms. The lowest BCUT2D eigenvalue weighted by Gasteiger charge is -2.21. The number of ether oxygens (including phenoxy) is 1. The highest BCUT2D eigenvalue weighted by molar-refractivity contribution is 5.35. The fourth-order valence-corrected chi connectivity index (χ4v) is 2.38. The second kappa shape index (κ2) is 4.93. The number of aromatic amines is 1. The molecule has 1 saturated heterocycles. The molecule has 0 radical (unpaired) electrons. The van der Waals surface area contributed by atoms with Crippen molar-refractivity contribution in [3.63, 3.8) is 0 Å². The smallest absolute Gasteiger partial charge is 0.225 e. The normalized spacial score (nSPS) is 22.9. The molecule has 0 spiro atoms. The topological polar surface area (TPSA) is 79.8 Å². The van der Waals surface area contributed by atoms with E-state index in [1.165, 1.54) is 0 Å². The number of methoxy groups -OCH3 is 1. The van der Waals surface area contributed by atoms with Crippen molar-refractivity contribution >= 4 is 5.95 Å². The fourth-order valence-electron chi connectivity index (χ4n) is 2.38. The molecule has 0 amide bonds. The number of aryl methyl sites for hydroxylation is 1. The van der Waals surface area contributed by atoms with Crippen molar-refractivity contribution < 1.29 is 4.74 Å². The van der Waals surface area contributed by atoms with E-state index in [-0.39, 0.29) is 12.1 Å². The van der Waals surface area contributed by atoms with E-state index in [1.807, 2.05) is 6.92 Å². The second-order valence-electron chi connectivity index (χ2n) is 4.59. The monoisotopic (exact) mass is 260 g/mol. The summed E-state index contributed by atoms with van der Waals surface area (Å²) in [4.78, 5) is 15.1. The highest BCUT2D eigenvalue weighted by Crippen LogP contribution is 2.33. The third-order valence-electron chi connectivity index (χ3n) is 3.32. The van der Waals surface area contributed by atoms with Crippen LogP contribution in [-0.2, 0) is 4.74 Å². The molecule has 0 unspecified atom stereocenters. The minimum Gasteiger partial charge on any atom is -0.380 e. The molecule has 2 aromatic heterocycles. The van der Waals surface area contributed by atoms with Gasteiger partial charge in [0.25, 0.3) is 0 Å². The van der Waals surface area contributed by atoms with Gasteiger partial charge >= 0.3 is 0 Å². The van der Waals surface area contributed by atoms with E-state index < -0.39 is 0 Å². The number of anilines is 1. The van der Waals surface area contributed by atoms with E-state index in [4.69, 9.17) is 4.74 Å². The predicted octanol–water partition coefficient (Wildman–Crippen LogP) is 0.870. The molecule has 3 heterocycles. The Morgan fingerprint density at radius 3 is 2.79 bits per heavy atom. The van der Waals surface area contributed by atoms with Crippen LogP contribution in [0.1, 0.15) is 24.1 Å². The lowest BCUT2D eigenvalue weighted by Crippen LogP contribution is -2.27. The molecule has 1 N–H and O–H groups in total. The van der Waals surface area contributed by atoms with Gasteiger partial charge in [-0.2, -0.15) is 5.10 Å². The van der Waals surface area contributed by atoms with E-state index in [2.05, 4.69) is 30.0 Å².